The van der Waals surface area contributed by atoms with E-state index >= 15 is 0 Å². The monoisotopic (exact) mass is 321 g/mol. The third-order valence-electron chi connectivity index (χ3n) is 4.39. The van der Waals surface area contributed by atoms with Gasteiger partial charge in [0.1, 0.15) is 5.75 Å². The van der Waals surface area contributed by atoms with Gasteiger partial charge in [0.15, 0.2) is 0 Å². The molecule has 0 saturated heterocycles. The molecule has 1 aromatic rings. The number of aromatic hydroxyl groups is 1. The maximum atomic E-state index is 12.4. The molecule has 1 saturated carbocycles. The molecule has 0 atom stereocenters. The van der Waals surface area contributed by atoms with E-state index in [0.717, 1.165) is 30.2 Å². The van der Waals surface area contributed by atoms with E-state index in [1.54, 1.807) is 23.9 Å². The number of hydrogen-bond acceptors (Lipinski definition) is 3. The largest absolute Gasteiger partial charge is 0.508 e. The third kappa shape index (κ3) is 5.56. The number of nitrogens with zero attached hydrogens (tertiary/aromatic N) is 1. The second-order valence-corrected chi connectivity index (χ2v) is 7.19. The Morgan fingerprint density at radius 2 is 1.91 bits per heavy atom. The first-order valence-electron chi connectivity index (χ1n) is 8.38. The molecular weight excluding hydrogens is 294 g/mol. The lowest BCUT2D eigenvalue weighted by molar-refractivity contribution is -0.132. The number of hydrogen-bond donors (Lipinski definition) is 1. The summed E-state index contributed by atoms with van der Waals surface area (Å²) in [5.74, 6) is 2.12. The van der Waals surface area contributed by atoms with Crippen LogP contribution in [0.3, 0.4) is 0 Å². The molecule has 122 valence electrons. The highest BCUT2D eigenvalue weighted by Crippen LogP contribution is 2.27. The minimum Gasteiger partial charge on any atom is -0.508 e. The van der Waals surface area contributed by atoms with E-state index in [4.69, 9.17) is 0 Å². The SMILES string of the molecule is CCN(CCSc1ccc(O)cc1)C(=O)CC1CCCCC1. The van der Waals surface area contributed by atoms with Crippen molar-refractivity contribution in [3.63, 3.8) is 0 Å². The zero-order chi connectivity index (χ0) is 15.8. The Bertz CT molecular complexity index is 455. The Hall–Kier alpha value is -1.16. The van der Waals surface area contributed by atoms with Gasteiger partial charge in [-0.3, -0.25) is 4.79 Å². The van der Waals surface area contributed by atoms with Crippen LogP contribution in [0.4, 0.5) is 0 Å². The van der Waals surface area contributed by atoms with E-state index < -0.39 is 0 Å². The standard InChI is InChI=1S/C18H27NO2S/c1-2-19(18(21)14-15-6-4-3-5-7-15)12-13-22-17-10-8-16(20)9-11-17/h8-11,15,20H,2-7,12-14H2,1H3. The molecular formula is C18H27NO2S. The summed E-state index contributed by atoms with van der Waals surface area (Å²) in [7, 11) is 0. The first kappa shape index (κ1) is 17.2. The maximum absolute atomic E-state index is 12.4. The molecule has 0 aliphatic heterocycles. The molecule has 0 spiro atoms. The van der Waals surface area contributed by atoms with Gasteiger partial charge >= 0.3 is 0 Å². The first-order chi connectivity index (χ1) is 10.7. The number of phenolic OH excluding ortho intramolecular Hbond substituents is 1. The summed E-state index contributed by atoms with van der Waals surface area (Å²) in [4.78, 5) is 15.5. The summed E-state index contributed by atoms with van der Waals surface area (Å²) in [5.41, 5.74) is 0. The predicted molar refractivity (Wildman–Crippen MR) is 92.3 cm³/mol. The van der Waals surface area contributed by atoms with Crippen LogP contribution in [-0.2, 0) is 4.79 Å². The van der Waals surface area contributed by atoms with E-state index in [-0.39, 0.29) is 0 Å². The second kappa shape index (κ2) is 9.09. The summed E-state index contributed by atoms with van der Waals surface area (Å²) >= 11 is 1.73. The van der Waals surface area contributed by atoms with Crippen LogP contribution in [0.15, 0.2) is 29.2 Å². The summed E-state index contributed by atoms with van der Waals surface area (Å²) in [6, 6.07) is 7.24. The van der Waals surface area contributed by atoms with Gasteiger partial charge in [-0.2, -0.15) is 0 Å². The molecule has 0 aromatic heterocycles. The number of thioether (sulfide) groups is 1. The lowest BCUT2D eigenvalue weighted by Gasteiger charge is -2.26. The molecule has 2 rings (SSSR count). The molecule has 0 bridgehead atoms. The van der Waals surface area contributed by atoms with Crippen molar-refractivity contribution in [2.24, 2.45) is 5.92 Å². The van der Waals surface area contributed by atoms with E-state index in [2.05, 4.69) is 6.92 Å². The lowest BCUT2D eigenvalue weighted by Crippen LogP contribution is -2.34. The van der Waals surface area contributed by atoms with Crippen molar-refractivity contribution in [3.8, 4) is 5.75 Å². The summed E-state index contributed by atoms with van der Waals surface area (Å²) in [5, 5.41) is 9.27. The minimum absolute atomic E-state index is 0.294. The molecule has 0 radical (unpaired) electrons. The molecule has 1 aromatic carbocycles. The van der Waals surface area contributed by atoms with Gasteiger partial charge in [0.25, 0.3) is 0 Å². The maximum Gasteiger partial charge on any atom is 0.222 e. The Kier molecular flexibility index (Phi) is 7.10. The Labute approximate surface area is 138 Å². The molecule has 3 nitrogen and oxygen atoms in total. The summed E-state index contributed by atoms with van der Waals surface area (Å²) < 4.78 is 0. The molecule has 1 aliphatic carbocycles. The first-order valence-corrected chi connectivity index (χ1v) is 9.37. The molecule has 4 heteroatoms. The van der Waals surface area contributed by atoms with Crippen LogP contribution in [-0.4, -0.2) is 34.8 Å². The molecule has 22 heavy (non-hydrogen) atoms. The fourth-order valence-electron chi connectivity index (χ4n) is 3.04. The zero-order valence-electron chi connectivity index (χ0n) is 13.5. The predicted octanol–water partition coefficient (Wildman–Crippen LogP) is 4.30. The van der Waals surface area contributed by atoms with Crippen molar-refractivity contribution in [1.29, 1.82) is 0 Å². The number of benzene rings is 1. The number of carbonyl (C=O) groups is 1. The number of carbonyl (C=O) groups excluding carboxylic acids is 1. The lowest BCUT2D eigenvalue weighted by atomic mass is 9.86. The Morgan fingerprint density at radius 1 is 1.23 bits per heavy atom. The van der Waals surface area contributed by atoms with Crippen molar-refractivity contribution < 1.29 is 9.90 Å². The van der Waals surface area contributed by atoms with Crippen molar-refractivity contribution in [3.05, 3.63) is 24.3 Å². The van der Waals surface area contributed by atoms with Crippen LogP contribution in [0.1, 0.15) is 45.4 Å². The van der Waals surface area contributed by atoms with Gasteiger partial charge in [-0.15, -0.1) is 11.8 Å². The van der Waals surface area contributed by atoms with Crippen LogP contribution < -0.4 is 0 Å². The Morgan fingerprint density at radius 3 is 2.55 bits per heavy atom. The highest BCUT2D eigenvalue weighted by Gasteiger charge is 2.20. The molecule has 1 amide bonds. The number of rotatable bonds is 7. The normalized spacial score (nSPS) is 15.7. The highest BCUT2D eigenvalue weighted by molar-refractivity contribution is 7.99. The second-order valence-electron chi connectivity index (χ2n) is 6.02. The Balaban J connectivity index is 1.73. The van der Waals surface area contributed by atoms with E-state index in [0.29, 0.717) is 17.6 Å². The summed E-state index contributed by atoms with van der Waals surface area (Å²) in [6.07, 6.45) is 7.11. The topological polar surface area (TPSA) is 40.5 Å². The smallest absolute Gasteiger partial charge is 0.222 e. The minimum atomic E-state index is 0.294. The van der Waals surface area contributed by atoms with E-state index in [1.807, 2.05) is 17.0 Å². The van der Waals surface area contributed by atoms with Crippen LogP contribution in [0.2, 0.25) is 0 Å². The van der Waals surface area contributed by atoms with Crippen LogP contribution >= 0.6 is 11.8 Å². The number of phenols is 1. The van der Waals surface area contributed by atoms with Gasteiger partial charge in [0.05, 0.1) is 0 Å². The van der Waals surface area contributed by atoms with Crippen molar-refractivity contribution >= 4 is 17.7 Å². The average molecular weight is 321 g/mol. The molecule has 0 unspecified atom stereocenters. The highest BCUT2D eigenvalue weighted by atomic mass is 32.2. The van der Waals surface area contributed by atoms with Crippen molar-refractivity contribution in [2.75, 3.05) is 18.8 Å². The van der Waals surface area contributed by atoms with E-state index in [9.17, 15) is 9.90 Å². The van der Waals surface area contributed by atoms with E-state index in [1.165, 1.54) is 32.1 Å². The zero-order valence-corrected chi connectivity index (χ0v) is 14.3. The van der Waals surface area contributed by atoms with Gasteiger partial charge in [0.2, 0.25) is 5.91 Å². The quantitative estimate of drug-likeness (QED) is 0.761. The molecule has 1 aliphatic rings. The van der Waals surface area contributed by atoms with Gasteiger partial charge < -0.3 is 10.0 Å². The van der Waals surface area contributed by atoms with Crippen LogP contribution in [0.25, 0.3) is 0 Å². The fourth-order valence-corrected chi connectivity index (χ4v) is 3.92. The fraction of sp³-hybridized carbons (Fsp3) is 0.611. The van der Waals surface area contributed by atoms with Crippen molar-refractivity contribution in [2.45, 2.75) is 50.3 Å². The average Bonchev–Trinajstić information content (AvgIpc) is 2.54. The van der Waals surface area contributed by atoms with Gasteiger partial charge in [-0.05, 0) is 49.9 Å². The van der Waals surface area contributed by atoms with Gasteiger partial charge in [-0.1, -0.05) is 19.3 Å². The summed E-state index contributed by atoms with van der Waals surface area (Å²) in [6.45, 7) is 3.65. The molecule has 1 N–H and O–H groups in total. The molecule has 1 fully saturated rings. The molecule has 0 heterocycles. The van der Waals surface area contributed by atoms with Crippen LogP contribution in [0, 0.1) is 5.92 Å². The third-order valence-corrected chi connectivity index (χ3v) is 5.38. The van der Waals surface area contributed by atoms with Gasteiger partial charge in [0, 0.05) is 30.2 Å². The van der Waals surface area contributed by atoms with Gasteiger partial charge in [-0.25, -0.2) is 0 Å². The number of amides is 1. The van der Waals surface area contributed by atoms with Crippen LogP contribution in [0.5, 0.6) is 5.75 Å². The van der Waals surface area contributed by atoms with Crippen molar-refractivity contribution in [1.82, 2.24) is 4.90 Å².